The average molecular weight is 283 g/mol. The summed E-state index contributed by atoms with van der Waals surface area (Å²) < 4.78 is 10.3. The van der Waals surface area contributed by atoms with Crippen LogP contribution in [0.3, 0.4) is 0 Å². The third-order valence-electron chi connectivity index (χ3n) is 3.42. The van der Waals surface area contributed by atoms with Crippen molar-refractivity contribution in [2.75, 3.05) is 20.2 Å². The number of carbonyl (C=O) groups is 1. The Morgan fingerprint density at radius 3 is 2.63 bits per heavy atom. The highest BCUT2D eigenvalue weighted by Crippen LogP contribution is 2.31. The van der Waals surface area contributed by atoms with E-state index in [-0.39, 0.29) is 11.8 Å². The molecule has 106 valence electrons. The Morgan fingerprint density at radius 1 is 1.42 bits per heavy atom. The van der Waals surface area contributed by atoms with Crippen molar-refractivity contribution in [2.45, 2.75) is 37.3 Å². The molecule has 1 aromatic heterocycles. The van der Waals surface area contributed by atoms with Crippen molar-refractivity contribution in [3.8, 4) is 0 Å². The molecule has 0 spiro atoms. The number of rotatable bonds is 3. The number of furan rings is 1. The number of thioether (sulfide) groups is 1. The second kappa shape index (κ2) is 6.01. The molecule has 1 saturated heterocycles. The number of carbonyl (C=O) groups excluding carboxylic acids is 1. The Bertz CT molecular complexity index is 436. The maximum atomic E-state index is 11.4. The summed E-state index contributed by atoms with van der Waals surface area (Å²) in [5.74, 6) is 0.679. The molecular weight excluding hydrogens is 262 g/mol. The Hall–Kier alpha value is -0.940. The van der Waals surface area contributed by atoms with E-state index in [2.05, 4.69) is 30.4 Å². The molecule has 0 saturated carbocycles. The van der Waals surface area contributed by atoms with Gasteiger partial charge < -0.3 is 9.15 Å². The molecule has 1 aromatic rings. The van der Waals surface area contributed by atoms with Crippen LogP contribution in [0, 0.1) is 0 Å². The van der Waals surface area contributed by atoms with Crippen LogP contribution in [0.15, 0.2) is 16.5 Å². The van der Waals surface area contributed by atoms with Crippen LogP contribution in [-0.4, -0.2) is 41.6 Å². The van der Waals surface area contributed by atoms with Gasteiger partial charge in [-0.2, -0.15) is 11.8 Å². The van der Waals surface area contributed by atoms with Crippen LogP contribution in [0.4, 0.5) is 0 Å². The fraction of sp³-hybridized carbons (Fsp3) is 0.643. The zero-order valence-electron chi connectivity index (χ0n) is 11.9. The molecule has 2 rings (SSSR count). The van der Waals surface area contributed by atoms with E-state index < -0.39 is 5.97 Å². The van der Waals surface area contributed by atoms with E-state index in [9.17, 15) is 4.79 Å². The molecule has 1 aliphatic heterocycles. The summed E-state index contributed by atoms with van der Waals surface area (Å²) in [6.45, 7) is 8.72. The minimum absolute atomic E-state index is 0.184. The highest BCUT2D eigenvalue weighted by atomic mass is 32.2. The van der Waals surface area contributed by atoms with Crippen molar-refractivity contribution in [3.63, 3.8) is 0 Å². The maximum absolute atomic E-state index is 11.4. The van der Waals surface area contributed by atoms with E-state index in [1.165, 1.54) is 7.11 Å². The summed E-state index contributed by atoms with van der Waals surface area (Å²) in [7, 11) is 1.36. The van der Waals surface area contributed by atoms with E-state index in [1.54, 1.807) is 6.07 Å². The average Bonchev–Trinajstić information content (AvgIpc) is 2.85. The number of ether oxygens (including phenoxy) is 1. The number of methoxy groups -OCH3 is 1. The molecule has 0 radical (unpaired) electrons. The van der Waals surface area contributed by atoms with Crippen LogP contribution in [0.5, 0.6) is 0 Å². The number of hydrogen-bond donors (Lipinski definition) is 0. The molecule has 0 aromatic carbocycles. The van der Waals surface area contributed by atoms with Crippen molar-refractivity contribution >= 4 is 17.7 Å². The first kappa shape index (κ1) is 14.5. The van der Waals surface area contributed by atoms with Crippen LogP contribution in [0.1, 0.15) is 43.1 Å². The van der Waals surface area contributed by atoms with Gasteiger partial charge in [0.2, 0.25) is 5.76 Å². The van der Waals surface area contributed by atoms with Crippen molar-refractivity contribution < 1.29 is 13.9 Å². The fourth-order valence-corrected chi connectivity index (χ4v) is 3.85. The van der Waals surface area contributed by atoms with Gasteiger partial charge in [-0.1, -0.05) is 13.8 Å². The monoisotopic (exact) mass is 283 g/mol. The molecule has 19 heavy (non-hydrogen) atoms. The molecule has 3 unspecified atom stereocenters. The van der Waals surface area contributed by atoms with Gasteiger partial charge in [-0.15, -0.1) is 0 Å². The number of nitrogens with zero attached hydrogens (tertiary/aromatic N) is 1. The van der Waals surface area contributed by atoms with Crippen molar-refractivity contribution in [1.82, 2.24) is 4.90 Å². The topological polar surface area (TPSA) is 42.7 Å². The quantitative estimate of drug-likeness (QED) is 0.798. The molecule has 0 aliphatic carbocycles. The standard InChI is InChI=1S/C14H21NO3S/c1-9-7-15(8-10(2)19-9)11(3)12-5-6-13(18-12)14(16)17-4/h5-6,9-11H,7-8H2,1-4H3. The minimum atomic E-state index is -0.422. The van der Waals surface area contributed by atoms with Gasteiger partial charge in [0.05, 0.1) is 13.2 Å². The zero-order valence-corrected chi connectivity index (χ0v) is 12.7. The number of esters is 1. The van der Waals surface area contributed by atoms with E-state index in [1.807, 2.05) is 17.8 Å². The van der Waals surface area contributed by atoms with Gasteiger partial charge in [-0.3, -0.25) is 4.90 Å². The molecule has 0 amide bonds. The largest absolute Gasteiger partial charge is 0.463 e. The first-order chi connectivity index (χ1) is 9.01. The molecule has 3 atom stereocenters. The smallest absolute Gasteiger partial charge is 0.373 e. The van der Waals surface area contributed by atoms with Gasteiger partial charge in [-0.25, -0.2) is 4.79 Å². The van der Waals surface area contributed by atoms with Crippen LogP contribution in [-0.2, 0) is 4.74 Å². The molecule has 4 nitrogen and oxygen atoms in total. The van der Waals surface area contributed by atoms with E-state index >= 15 is 0 Å². The summed E-state index contributed by atoms with van der Waals surface area (Å²) >= 11 is 2.02. The third kappa shape index (κ3) is 3.34. The lowest BCUT2D eigenvalue weighted by Crippen LogP contribution is -2.41. The van der Waals surface area contributed by atoms with Gasteiger partial charge in [0, 0.05) is 23.6 Å². The predicted octanol–water partition coefficient (Wildman–Crippen LogP) is 2.95. The molecule has 1 aliphatic rings. The third-order valence-corrected chi connectivity index (χ3v) is 4.65. The van der Waals surface area contributed by atoms with E-state index in [0.29, 0.717) is 10.5 Å². The van der Waals surface area contributed by atoms with Gasteiger partial charge in [0.25, 0.3) is 0 Å². The Labute approximate surface area is 118 Å². The van der Waals surface area contributed by atoms with Crippen LogP contribution < -0.4 is 0 Å². The molecule has 0 N–H and O–H groups in total. The first-order valence-electron chi connectivity index (χ1n) is 6.58. The minimum Gasteiger partial charge on any atom is -0.463 e. The molecule has 0 bridgehead atoms. The lowest BCUT2D eigenvalue weighted by molar-refractivity contribution is 0.0558. The van der Waals surface area contributed by atoms with Gasteiger partial charge in [0.1, 0.15) is 5.76 Å². The lowest BCUT2D eigenvalue weighted by Gasteiger charge is -2.37. The second-order valence-corrected chi connectivity index (χ2v) is 6.96. The summed E-state index contributed by atoms with van der Waals surface area (Å²) in [4.78, 5) is 13.8. The van der Waals surface area contributed by atoms with Crippen molar-refractivity contribution in [2.24, 2.45) is 0 Å². The van der Waals surface area contributed by atoms with Crippen molar-refractivity contribution in [1.29, 1.82) is 0 Å². The van der Waals surface area contributed by atoms with Crippen LogP contribution in [0.25, 0.3) is 0 Å². The molecular formula is C14H21NO3S. The normalized spacial score (nSPS) is 26.1. The highest BCUT2D eigenvalue weighted by molar-refractivity contribution is 8.00. The predicted molar refractivity (Wildman–Crippen MR) is 76.6 cm³/mol. The highest BCUT2D eigenvalue weighted by Gasteiger charge is 2.28. The zero-order chi connectivity index (χ0) is 14.0. The van der Waals surface area contributed by atoms with E-state index in [4.69, 9.17) is 4.42 Å². The summed E-state index contributed by atoms with van der Waals surface area (Å²) in [6.07, 6.45) is 0. The van der Waals surface area contributed by atoms with Crippen LogP contribution in [0.2, 0.25) is 0 Å². The Morgan fingerprint density at radius 2 is 2.05 bits per heavy atom. The number of hydrogen-bond acceptors (Lipinski definition) is 5. The van der Waals surface area contributed by atoms with Gasteiger partial charge >= 0.3 is 5.97 Å². The fourth-order valence-electron chi connectivity index (χ4n) is 2.50. The summed E-state index contributed by atoms with van der Waals surface area (Å²) in [5, 5.41) is 1.25. The first-order valence-corrected chi connectivity index (χ1v) is 7.53. The molecule has 1 fully saturated rings. The lowest BCUT2D eigenvalue weighted by atomic mass is 10.2. The van der Waals surface area contributed by atoms with Gasteiger partial charge in [0.15, 0.2) is 0 Å². The maximum Gasteiger partial charge on any atom is 0.373 e. The van der Waals surface area contributed by atoms with E-state index in [0.717, 1.165) is 18.8 Å². The SMILES string of the molecule is COC(=O)c1ccc(C(C)N2CC(C)SC(C)C2)o1. The second-order valence-electron chi connectivity index (χ2n) is 5.08. The summed E-state index contributed by atoms with van der Waals surface area (Å²) in [5.41, 5.74) is 0. The Balaban J connectivity index is 2.08. The van der Waals surface area contributed by atoms with Crippen molar-refractivity contribution in [3.05, 3.63) is 23.7 Å². The van der Waals surface area contributed by atoms with Gasteiger partial charge in [-0.05, 0) is 19.1 Å². The van der Waals surface area contributed by atoms with Crippen LogP contribution >= 0.6 is 11.8 Å². The molecule has 2 heterocycles. The molecule has 5 heteroatoms. The summed E-state index contributed by atoms with van der Waals surface area (Å²) in [6, 6.07) is 3.74. The Kier molecular flexibility index (Phi) is 4.58.